The maximum Gasteiger partial charge on any atom is 0.418 e. The van der Waals surface area contributed by atoms with E-state index in [0.717, 1.165) is 25.5 Å². The van der Waals surface area contributed by atoms with Crippen LogP contribution in [0.2, 0.25) is 5.02 Å². The van der Waals surface area contributed by atoms with Crippen molar-refractivity contribution in [2.75, 3.05) is 17.2 Å². The van der Waals surface area contributed by atoms with Gasteiger partial charge in [-0.2, -0.15) is 13.2 Å². The molecular weight excluding hydrogens is 329 g/mol. The van der Waals surface area contributed by atoms with Crippen molar-refractivity contribution >= 4 is 28.9 Å². The van der Waals surface area contributed by atoms with Gasteiger partial charge in [-0.05, 0) is 24.6 Å². The van der Waals surface area contributed by atoms with Crippen molar-refractivity contribution in [1.82, 2.24) is 9.97 Å². The molecule has 0 amide bonds. The summed E-state index contributed by atoms with van der Waals surface area (Å²) >= 11 is 5.66. The van der Waals surface area contributed by atoms with Crippen LogP contribution in [0.5, 0.6) is 0 Å². The number of nitrogens with one attached hydrogen (secondary N) is 2. The summed E-state index contributed by atoms with van der Waals surface area (Å²) in [4.78, 5) is 7.98. The SMILES string of the molecule is CCCCNc1cc(Nc2ccc(Cl)cc2C(F)(F)F)ncn1. The number of nitrogens with zero attached hydrogens (tertiary/aromatic N) is 2. The predicted molar refractivity (Wildman–Crippen MR) is 85.2 cm³/mol. The molecule has 0 atom stereocenters. The van der Waals surface area contributed by atoms with Crippen molar-refractivity contribution in [2.24, 2.45) is 0 Å². The Kier molecular flexibility index (Phi) is 5.65. The smallest absolute Gasteiger partial charge is 0.370 e. The first-order chi connectivity index (χ1) is 10.9. The molecule has 2 N–H and O–H groups in total. The first-order valence-corrected chi connectivity index (χ1v) is 7.47. The summed E-state index contributed by atoms with van der Waals surface area (Å²) in [7, 11) is 0. The summed E-state index contributed by atoms with van der Waals surface area (Å²) in [5.41, 5.74) is -0.954. The van der Waals surface area contributed by atoms with Crippen LogP contribution < -0.4 is 10.6 Å². The molecule has 8 heteroatoms. The Bertz CT molecular complexity index is 661. The van der Waals surface area contributed by atoms with Crippen molar-refractivity contribution in [2.45, 2.75) is 25.9 Å². The topological polar surface area (TPSA) is 49.8 Å². The van der Waals surface area contributed by atoms with Gasteiger partial charge < -0.3 is 10.6 Å². The van der Waals surface area contributed by atoms with Crippen LogP contribution in [0.1, 0.15) is 25.3 Å². The Morgan fingerprint density at radius 2 is 1.87 bits per heavy atom. The number of hydrogen-bond acceptors (Lipinski definition) is 4. The second kappa shape index (κ2) is 7.50. The van der Waals surface area contributed by atoms with Crippen LogP contribution in [-0.4, -0.2) is 16.5 Å². The number of halogens is 4. The molecule has 0 aliphatic carbocycles. The van der Waals surface area contributed by atoms with Gasteiger partial charge in [-0.1, -0.05) is 24.9 Å². The average Bonchev–Trinajstić information content (AvgIpc) is 2.49. The lowest BCUT2D eigenvalue weighted by Gasteiger charge is -2.15. The van der Waals surface area contributed by atoms with Gasteiger partial charge in [0.05, 0.1) is 11.3 Å². The molecule has 0 aliphatic heterocycles. The van der Waals surface area contributed by atoms with Crippen LogP contribution in [0, 0.1) is 0 Å². The third-order valence-corrected chi connectivity index (χ3v) is 3.29. The van der Waals surface area contributed by atoms with Gasteiger partial charge in [0.1, 0.15) is 18.0 Å². The highest BCUT2D eigenvalue weighted by Gasteiger charge is 2.33. The number of hydrogen-bond donors (Lipinski definition) is 2. The fourth-order valence-corrected chi connectivity index (χ4v) is 2.09. The lowest BCUT2D eigenvalue weighted by Crippen LogP contribution is -2.10. The summed E-state index contributed by atoms with van der Waals surface area (Å²) in [5, 5.41) is 5.78. The fourth-order valence-electron chi connectivity index (χ4n) is 1.91. The zero-order valence-corrected chi connectivity index (χ0v) is 13.2. The molecule has 1 aromatic carbocycles. The van der Waals surface area contributed by atoms with Crippen molar-refractivity contribution in [1.29, 1.82) is 0 Å². The van der Waals surface area contributed by atoms with Gasteiger partial charge in [-0.3, -0.25) is 0 Å². The molecule has 0 radical (unpaired) electrons. The van der Waals surface area contributed by atoms with Crippen molar-refractivity contribution in [3.8, 4) is 0 Å². The van der Waals surface area contributed by atoms with E-state index in [1.807, 2.05) is 0 Å². The molecule has 4 nitrogen and oxygen atoms in total. The first kappa shape index (κ1) is 17.3. The van der Waals surface area contributed by atoms with Crippen LogP contribution in [0.3, 0.4) is 0 Å². The van der Waals surface area contributed by atoms with E-state index in [0.29, 0.717) is 5.82 Å². The highest BCUT2D eigenvalue weighted by molar-refractivity contribution is 6.30. The van der Waals surface area contributed by atoms with E-state index >= 15 is 0 Å². The van der Waals surface area contributed by atoms with Crippen LogP contribution in [0.25, 0.3) is 0 Å². The number of aromatic nitrogens is 2. The molecular formula is C15H16ClF3N4. The summed E-state index contributed by atoms with van der Waals surface area (Å²) in [5.74, 6) is 0.824. The normalized spacial score (nSPS) is 11.3. The van der Waals surface area contributed by atoms with E-state index in [4.69, 9.17) is 11.6 Å². The van der Waals surface area contributed by atoms with Gasteiger partial charge in [0.25, 0.3) is 0 Å². The maximum absolute atomic E-state index is 13.1. The summed E-state index contributed by atoms with van der Waals surface area (Å²) in [6.07, 6.45) is -1.21. The molecule has 0 aliphatic rings. The van der Waals surface area contributed by atoms with Crippen molar-refractivity contribution in [3.63, 3.8) is 0 Å². The van der Waals surface area contributed by atoms with Gasteiger partial charge in [0, 0.05) is 17.6 Å². The number of alkyl halides is 3. The Labute approximate surface area is 137 Å². The molecule has 2 rings (SSSR count). The average molecular weight is 345 g/mol. The Balaban J connectivity index is 2.21. The third-order valence-electron chi connectivity index (χ3n) is 3.05. The fraction of sp³-hybridized carbons (Fsp3) is 0.333. The van der Waals surface area contributed by atoms with E-state index in [9.17, 15) is 13.2 Å². The second-order valence-electron chi connectivity index (χ2n) is 4.88. The standard InChI is InChI=1S/C15H16ClF3N4/c1-2-3-6-20-13-8-14(22-9-21-13)23-12-5-4-10(16)7-11(12)15(17,18)19/h4-5,7-9H,2-3,6H2,1H3,(H2,20,21,22,23). The number of benzene rings is 1. The minimum absolute atomic E-state index is 0.0208. The van der Waals surface area contributed by atoms with Crippen LogP contribution >= 0.6 is 11.6 Å². The molecule has 0 bridgehead atoms. The van der Waals surface area contributed by atoms with Crippen molar-refractivity contribution < 1.29 is 13.2 Å². The first-order valence-electron chi connectivity index (χ1n) is 7.10. The third kappa shape index (κ3) is 4.99. The minimum Gasteiger partial charge on any atom is -0.370 e. The van der Waals surface area contributed by atoms with E-state index in [-0.39, 0.29) is 16.5 Å². The van der Waals surface area contributed by atoms with Crippen molar-refractivity contribution in [3.05, 3.63) is 41.2 Å². The Morgan fingerprint density at radius 3 is 2.57 bits per heavy atom. The van der Waals surface area contributed by atoms with Gasteiger partial charge in [0.2, 0.25) is 0 Å². The molecule has 0 fully saturated rings. The molecule has 1 heterocycles. The Hall–Kier alpha value is -2.02. The van der Waals surface area contributed by atoms with Crippen LogP contribution in [0.15, 0.2) is 30.6 Å². The number of unbranched alkanes of at least 4 members (excludes halogenated alkanes) is 1. The highest BCUT2D eigenvalue weighted by atomic mass is 35.5. The maximum atomic E-state index is 13.1. The second-order valence-corrected chi connectivity index (χ2v) is 5.32. The van der Waals surface area contributed by atoms with Crippen LogP contribution in [0.4, 0.5) is 30.5 Å². The van der Waals surface area contributed by atoms with E-state index in [2.05, 4.69) is 27.5 Å². The van der Waals surface area contributed by atoms with Gasteiger partial charge in [0.15, 0.2) is 0 Å². The lowest BCUT2D eigenvalue weighted by molar-refractivity contribution is -0.136. The van der Waals surface area contributed by atoms with Gasteiger partial charge in [-0.25, -0.2) is 9.97 Å². The Morgan fingerprint density at radius 1 is 1.13 bits per heavy atom. The van der Waals surface area contributed by atoms with Crippen LogP contribution in [-0.2, 0) is 6.18 Å². The molecule has 1 aromatic heterocycles. The van der Waals surface area contributed by atoms with E-state index in [1.165, 1.54) is 18.5 Å². The van der Waals surface area contributed by atoms with Gasteiger partial charge >= 0.3 is 6.18 Å². The minimum atomic E-state index is -4.51. The summed E-state index contributed by atoms with van der Waals surface area (Å²) < 4.78 is 39.2. The largest absolute Gasteiger partial charge is 0.418 e. The lowest BCUT2D eigenvalue weighted by atomic mass is 10.1. The molecule has 2 aromatic rings. The summed E-state index contributed by atoms with van der Waals surface area (Å²) in [6, 6.07) is 5.11. The summed E-state index contributed by atoms with van der Waals surface area (Å²) in [6.45, 7) is 2.80. The zero-order valence-electron chi connectivity index (χ0n) is 12.4. The van der Waals surface area contributed by atoms with E-state index in [1.54, 1.807) is 6.07 Å². The molecule has 0 unspecified atom stereocenters. The molecule has 0 saturated heterocycles. The molecule has 0 saturated carbocycles. The molecule has 23 heavy (non-hydrogen) atoms. The number of rotatable bonds is 6. The number of anilines is 3. The van der Waals surface area contributed by atoms with E-state index < -0.39 is 11.7 Å². The zero-order chi connectivity index (χ0) is 16.9. The monoisotopic (exact) mass is 344 g/mol. The predicted octanol–water partition coefficient (Wildman–Crippen LogP) is 5.10. The molecule has 0 spiro atoms. The quantitative estimate of drug-likeness (QED) is 0.715. The molecule has 124 valence electrons. The highest BCUT2D eigenvalue weighted by Crippen LogP contribution is 2.37. The van der Waals surface area contributed by atoms with Gasteiger partial charge in [-0.15, -0.1) is 0 Å².